The zero-order valence-electron chi connectivity index (χ0n) is 9.41. The van der Waals surface area contributed by atoms with Crippen LogP contribution in [0, 0.1) is 0 Å². The van der Waals surface area contributed by atoms with Crippen molar-refractivity contribution in [2.45, 2.75) is 0 Å². The summed E-state index contributed by atoms with van der Waals surface area (Å²) in [4.78, 5) is 21.5. The fourth-order valence-electron chi connectivity index (χ4n) is 1.15. The van der Waals surface area contributed by atoms with Gasteiger partial charge in [-0.25, -0.2) is 13.2 Å². The number of methoxy groups -OCH3 is 1. The molecule has 0 heterocycles. The van der Waals surface area contributed by atoms with Gasteiger partial charge in [0.05, 0.1) is 12.7 Å². The second kappa shape index (κ2) is 5.50. The van der Waals surface area contributed by atoms with E-state index in [0.29, 0.717) is 0 Å². The standard InChI is InChI=1S/C10H11NO6S/c1-17-9(12)6-18(15,16)11-8-4-2-3-7(5-8)10(13)14/h2-5,11H,6H2,1H3,(H,13,14). The molecule has 0 aliphatic carbocycles. The van der Waals surface area contributed by atoms with Gasteiger partial charge < -0.3 is 9.84 Å². The van der Waals surface area contributed by atoms with E-state index in [2.05, 4.69) is 9.46 Å². The van der Waals surface area contributed by atoms with Crippen molar-refractivity contribution in [3.8, 4) is 0 Å². The second-order valence-electron chi connectivity index (χ2n) is 3.32. The van der Waals surface area contributed by atoms with E-state index in [1.54, 1.807) is 0 Å². The molecular formula is C10H11NO6S. The lowest BCUT2D eigenvalue weighted by molar-refractivity contribution is -0.137. The second-order valence-corrected chi connectivity index (χ2v) is 5.05. The Hall–Kier alpha value is -2.09. The predicted molar refractivity (Wildman–Crippen MR) is 62.8 cm³/mol. The molecule has 1 aromatic carbocycles. The number of ether oxygens (including phenoxy) is 1. The van der Waals surface area contributed by atoms with E-state index >= 15 is 0 Å². The molecule has 0 aliphatic heterocycles. The summed E-state index contributed by atoms with van der Waals surface area (Å²) < 4.78 is 29.3. The molecule has 7 nitrogen and oxygen atoms in total. The van der Waals surface area contributed by atoms with Crippen molar-refractivity contribution < 1.29 is 27.9 Å². The van der Waals surface area contributed by atoms with Gasteiger partial charge in [-0.3, -0.25) is 9.52 Å². The molecular weight excluding hydrogens is 262 g/mol. The Morgan fingerprint density at radius 1 is 1.39 bits per heavy atom. The maximum atomic E-state index is 11.5. The number of carboxylic acids is 1. The fourth-order valence-corrected chi connectivity index (χ4v) is 2.13. The number of benzene rings is 1. The van der Waals surface area contributed by atoms with E-state index in [0.717, 1.165) is 13.2 Å². The van der Waals surface area contributed by atoms with Gasteiger partial charge in [-0.05, 0) is 18.2 Å². The monoisotopic (exact) mass is 273 g/mol. The van der Waals surface area contributed by atoms with Crippen molar-refractivity contribution in [1.29, 1.82) is 0 Å². The molecule has 0 aliphatic rings. The third kappa shape index (κ3) is 4.06. The average Bonchev–Trinajstić information content (AvgIpc) is 2.27. The Morgan fingerprint density at radius 3 is 2.61 bits per heavy atom. The first kappa shape index (κ1) is 14.0. The van der Waals surface area contributed by atoms with Crippen molar-refractivity contribution in [1.82, 2.24) is 0 Å². The minimum absolute atomic E-state index is 0.0618. The van der Waals surface area contributed by atoms with Crippen LogP contribution in [0.25, 0.3) is 0 Å². The van der Waals surface area contributed by atoms with Crippen LogP contribution in [-0.4, -0.2) is 38.3 Å². The summed E-state index contributed by atoms with van der Waals surface area (Å²) in [7, 11) is -2.83. The first-order chi connectivity index (χ1) is 8.34. The molecule has 98 valence electrons. The number of aromatic carboxylic acids is 1. The van der Waals surface area contributed by atoms with Crippen LogP contribution in [0.5, 0.6) is 0 Å². The minimum atomic E-state index is -3.91. The van der Waals surface area contributed by atoms with Gasteiger partial charge in [0.1, 0.15) is 0 Å². The van der Waals surface area contributed by atoms with E-state index in [9.17, 15) is 18.0 Å². The number of carboxylic acid groups (broad SMARTS) is 1. The molecule has 0 saturated carbocycles. The number of rotatable bonds is 5. The molecule has 0 spiro atoms. The molecule has 18 heavy (non-hydrogen) atoms. The number of esters is 1. The number of nitrogens with one attached hydrogen (secondary N) is 1. The largest absolute Gasteiger partial charge is 0.478 e. The smallest absolute Gasteiger partial charge is 0.335 e. The summed E-state index contributed by atoms with van der Waals surface area (Å²) >= 11 is 0. The van der Waals surface area contributed by atoms with Crippen LogP contribution in [0.2, 0.25) is 0 Å². The van der Waals surface area contributed by atoms with Crippen LogP contribution >= 0.6 is 0 Å². The van der Waals surface area contributed by atoms with E-state index in [4.69, 9.17) is 5.11 Å². The van der Waals surface area contributed by atoms with Crippen LogP contribution in [0.15, 0.2) is 24.3 Å². The first-order valence-corrected chi connectivity index (χ1v) is 6.40. The van der Waals surface area contributed by atoms with Gasteiger partial charge >= 0.3 is 11.9 Å². The molecule has 1 aromatic rings. The lowest BCUT2D eigenvalue weighted by Crippen LogP contribution is -2.23. The first-order valence-electron chi connectivity index (χ1n) is 4.75. The molecule has 0 fully saturated rings. The molecule has 0 aromatic heterocycles. The molecule has 0 atom stereocenters. The van der Waals surface area contributed by atoms with Crippen LogP contribution in [-0.2, 0) is 19.6 Å². The molecule has 0 amide bonds. The minimum Gasteiger partial charge on any atom is -0.478 e. The van der Waals surface area contributed by atoms with Gasteiger partial charge in [-0.1, -0.05) is 6.07 Å². The summed E-state index contributed by atoms with van der Waals surface area (Å²) in [5, 5.41) is 8.74. The van der Waals surface area contributed by atoms with Crippen LogP contribution in [0.1, 0.15) is 10.4 Å². The molecule has 0 bridgehead atoms. The zero-order chi connectivity index (χ0) is 13.8. The third-order valence-corrected chi connectivity index (χ3v) is 3.08. The van der Waals surface area contributed by atoms with E-state index in [1.165, 1.54) is 18.2 Å². The van der Waals surface area contributed by atoms with Crippen LogP contribution in [0.4, 0.5) is 5.69 Å². The number of hydrogen-bond acceptors (Lipinski definition) is 5. The van der Waals surface area contributed by atoms with Crippen molar-refractivity contribution in [2.75, 3.05) is 17.6 Å². The highest BCUT2D eigenvalue weighted by Gasteiger charge is 2.17. The molecule has 8 heteroatoms. The van der Waals surface area contributed by atoms with Crippen LogP contribution < -0.4 is 4.72 Å². The maximum absolute atomic E-state index is 11.5. The molecule has 2 N–H and O–H groups in total. The highest BCUT2D eigenvalue weighted by molar-refractivity contribution is 7.93. The number of anilines is 1. The summed E-state index contributed by atoms with van der Waals surface area (Å²) in [6, 6.07) is 5.23. The molecule has 0 saturated heterocycles. The van der Waals surface area contributed by atoms with Crippen LogP contribution in [0.3, 0.4) is 0 Å². The Bertz CT molecular complexity index is 565. The maximum Gasteiger partial charge on any atom is 0.335 e. The summed E-state index contributed by atoms with van der Waals surface area (Å²) in [5.74, 6) is -2.92. The molecule has 0 unspecified atom stereocenters. The van der Waals surface area contributed by atoms with Gasteiger partial charge in [-0.15, -0.1) is 0 Å². The normalized spacial score (nSPS) is 10.7. The summed E-state index contributed by atoms with van der Waals surface area (Å²) in [6.07, 6.45) is 0. The lowest BCUT2D eigenvalue weighted by atomic mass is 10.2. The highest BCUT2D eigenvalue weighted by atomic mass is 32.2. The average molecular weight is 273 g/mol. The van der Waals surface area contributed by atoms with Crippen molar-refractivity contribution >= 4 is 27.6 Å². The van der Waals surface area contributed by atoms with Gasteiger partial charge in [0, 0.05) is 5.69 Å². The lowest BCUT2D eigenvalue weighted by Gasteiger charge is -2.07. The predicted octanol–water partition coefficient (Wildman–Crippen LogP) is 0.299. The van der Waals surface area contributed by atoms with Crippen molar-refractivity contribution in [3.05, 3.63) is 29.8 Å². The number of carbonyl (C=O) groups is 2. The Balaban J connectivity index is 2.87. The fraction of sp³-hybridized carbons (Fsp3) is 0.200. The molecule has 1 rings (SSSR count). The summed E-state index contributed by atoms with van der Waals surface area (Å²) in [6.45, 7) is 0. The van der Waals surface area contributed by atoms with Gasteiger partial charge in [0.25, 0.3) is 0 Å². The van der Waals surface area contributed by atoms with E-state index in [1.807, 2.05) is 0 Å². The summed E-state index contributed by atoms with van der Waals surface area (Å²) in [5.41, 5.74) is 0.00655. The Labute approximate surface area is 103 Å². The third-order valence-electron chi connectivity index (χ3n) is 1.92. The van der Waals surface area contributed by atoms with Crippen molar-refractivity contribution in [3.63, 3.8) is 0 Å². The topological polar surface area (TPSA) is 110 Å². The SMILES string of the molecule is COC(=O)CS(=O)(=O)Nc1cccc(C(=O)O)c1. The van der Waals surface area contributed by atoms with Gasteiger partial charge in [0.15, 0.2) is 5.75 Å². The molecule has 0 radical (unpaired) electrons. The number of carbonyl (C=O) groups excluding carboxylic acids is 1. The Morgan fingerprint density at radius 2 is 2.06 bits per heavy atom. The van der Waals surface area contributed by atoms with E-state index < -0.39 is 27.7 Å². The quantitative estimate of drug-likeness (QED) is 0.747. The van der Waals surface area contributed by atoms with E-state index in [-0.39, 0.29) is 11.3 Å². The number of hydrogen-bond donors (Lipinski definition) is 2. The zero-order valence-corrected chi connectivity index (χ0v) is 10.2. The highest BCUT2D eigenvalue weighted by Crippen LogP contribution is 2.12. The number of sulfonamides is 1. The van der Waals surface area contributed by atoms with Gasteiger partial charge in [-0.2, -0.15) is 0 Å². The van der Waals surface area contributed by atoms with Crippen molar-refractivity contribution in [2.24, 2.45) is 0 Å². The Kier molecular flexibility index (Phi) is 4.27. The van der Waals surface area contributed by atoms with Gasteiger partial charge in [0.2, 0.25) is 10.0 Å².